The van der Waals surface area contributed by atoms with Crippen LogP contribution >= 0.6 is 0 Å². The Morgan fingerprint density at radius 2 is 1.76 bits per heavy atom. The molecule has 1 aromatic rings. The molecule has 1 N–H and O–H groups in total. The highest BCUT2D eigenvalue weighted by Gasteiger charge is 2.40. The zero-order valence-corrected chi connectivity index (χ0v) is 16.6. The van der Waals surface area contributed by atoms with E-state index in [0.717, 1.165) is 44.9 Å². The van der Waals surface area contributed by atoms with Crippen molar-refractivity contribution in [2.75, 3.05) is 6.61 Å². The minimum absolute atomic E-state index is 0.0660. The van der Waals surface area contributed by atoms with Crippen LogP contribution in [0.25, 0.3) is 0 Å². The van der Waals surface area contributed by atoms with Crippen LogP contribution in [-0.4, -0.2) is 47.3 Å². The summed E-state index contributed by atoms with van der Waals surface area (Å²) in [6.07, 6.45) is 7.03. The predicted octanol–water partition coefficient (Wildman–Crippen LogP) is 2.69. The van der Waals surface area contributed by atoms with Crippen molar-refractivity contribution in [1.82, 2.24) is 10.2 Å². The van der Waals surface area contributed by atoms with Gasteiger partial charge in [0, 0.05) is 12.1 Å². The van der Waals surface area contributed by atoms with Gasteiger partial charge >= 0.3 is 5.97 Å². The van der Waals surface area contributed by atoms with Crippen molar-refractivity contribution >= 4 is 23.7 Å². The summed E-state index contributed by atoms with van der Waals surface area (Å²) >= 11 is 0. The average Bonchev–Trinajstić information content (AvgIpc) is 3.54. The van der Waals surface area contributed by atoms with E-state index in [2.05, 4.69) is 5.32 Å². The van der Waals surface area contributed by atoms with Crippen molar-refractivity contribution in [2.45, 2.75) is 64.0 Å². The molecule has 1 heterocycles. The van der Waals surface area contributed by atoms with Crippen LogP contribution in [0.15, 0.2) is 18.2 Å². The molecule has 7 heteroatoms. The first-order chi connectivity index (χ1) is 14.0. The van der Waals surface area contributed by atoms with Gasteiger partial charge in [-0.05, 0) is 56.7 Å². The van der Waals surface area contributed by atoms with Crippen LogP contribution in [0.3, 0.4) is 0 Å². The molecular formula is C22H26N2O5. The van der Waals surface area contributed by atoms with Crippen molar-refractivity contribution in [3.05, 3.63) is 34.9 Å². The van der Waals surface area contributed by atoms with Gasteiger partial charge in [-0.3, -0.25) is 19.3 Å². The fourth-order valence-electron chi connectivity index (χ4n) is 4.28. The standard InChI is InChI=1S/C22H26N2O5/c1-13(14-7-8-14)23-19(25)12-29-22(28)15-9-10-17-18(11-15)21(27)24(20(17)26)16-5-3-2-4-6-16/h9-11,13-14,16H,2-8,12H2,1H3,(H,23,25)/t13-/m0/s1. The Morgan fingerprint density at radius 1 is 1.07 bits per heavy atom. The molecule has 3 aliphatic rings. The van der Waals surface area contributed by atoms with Gasteiger partial charge in [-0.25, -0.2) is 4.79 Å². The van der Waals surface area contributed by atoms with Crippen LogP contribution in [0.2, 0.25) is 0 Å². The Bertz CT molecular complexity index is 855. The molecule has 154 valence electrons. The smallest absolute Gasteiger partial charge is 0.338 e. The van der Waals surface area contributed by atoms with Gasteiger partial charge in [0.1, 0.15) is 0 Å². The monoisotopic (exact) mass is 398 g/mol. The number of esters is 1. The molecule has 0 spiro atoms. The van der Waals surface area contributed by atoms with Crippen molar-refractivity contribution in [3.63, 3.8) is 0 Å². The summed E-state index contributed by atoms with van der Waals surface area (Å²) in [4.78, 5) is 51.1. The lowest BCUT2D eigenvalue weighted by Crippen LogP contribution is -2.40. The van der Waals surface area contributed by atoms with Crippen molar-refractivity contribution < 1.29 is 23.9 Å². The van der Waals surface area contributed by atoms with Gasteiger partial charge in [0.15, 0.2) is 6.61 Å². The molecule has 7 nitrogen and oxygen atoms in total. The molecule has 29 heavy (non-hydrogen) atoms. The number of carbonyl (C=O) groups is 4. The van der Waals surface area contributed by atoms with Gasteiger partial charge in [0.05, 0.1) is 16.7 Å². The van der Waals surface area contributed by atoms with Gasteiger partial charge < -0.3 is 10.1 Å². The van der Waals surface area contributed by atoms with Crippen molar-refractivity contribution in [1.29, 1.82) is 0 Å². The Kier molecular flexibility index (Phi) is 5.39. The number of benzene rings is 1. The topological polar surface area (TPSA) is 92.8 Å². The number of nitrogens with one attached hydrogen (secondary N) is 1. The van der Waals surface area contributed by atoms with Crippen LogP contribution < -0.4 is 5.32 Å². The highest BCUT2D eigenvalue weighted by atomic mass is 16.5. The van der Waals surface area contributed by atoms with E-state index in [1.54, 1.807) is 0 Å². The summed E-state index contributed by atoms with van der Waals surface area (Å²) in [6, 6.07) is 4.40. The number of rotatable bonds is 6. The Hall–Kier alpha value is -2.70. The van der Waals surface area contributed by atoms with E-state index in [-0.39, 0.29) is 47.5 Å². The fraction of sp³-hybridized carbons (Fsp3) is 0.545. The number of nitrogens with zero attached hydrogens (tertiary/aromatic N) is 1. The van der Waals surface area contributed by atoms with Crippen LogP contribution in [0.4, 0.5) is 0 Å². The highest BCUT2D eigenvalue weighted by Crippen LogP contribution is 2.32. The van der Waals surface area contributed by atoms with Crippen molar-refractivity contribution in [2.24, 2.45) is 5.92 Å². The molecule has 3 amide bonds. The molecule has 1 aliphatic heterocycles. The SMILES string of the molecule is C[C@H](NC(=O)COC(=O)c1ccc2c(c1)C(=O)N(C1CCCCC1)C2=O)C1CC1. The van der Waals surface area contributed by atoms with Gasteiger partial charge in [-0.2, -0.15) is 0 Å². The minimum Gasteiger partial charge on any atom is -0.452 e. The van der Waals surface area contributed by atoms with E-state index >= 15 is 0 Å². The van der Waals surface area contributed by atoms with E-state index in [4.69, 9.17) is 4.74 Å². The second-order valence-electron chi connectivity index (χ2n) is 8.30. The summed E-state index contributed by atoms with van der Waals surface area (Å²) in [7, 11) is 0. The van der Waals surface area contributed by atoms with Gasteiger partial charge in [-0.1, -0.05) is 19.3 Å². The van der Waals surface area contributed by atoms with E-state index in [1.807, 2.05) is 6.92 Å². The van der Waals surface area contributed by atoms with Gasteiger partial charge in [-0.15, -0.1) is 0 Å². The number of hydrogen-bond acceptors (Lipinski definition) is 5. The van der Waals surface area contributed by atoms with Crippen LogP contribution in [0.5, 0.6) is 0 Å². The summed E-state index contributed by atoms with van der Waals surface area (Å²) in [5.41, 5.74) is 0.730. The molecule has 2 aliphatic carbocycles. The van der Waals surface area contributed by atoms with E-state index in [9.17, 15) is 19.2 Å². The zero-order chi connectivity index (χ0) is 20.5. The first-order valence-electron chi connectivity index (χ1n) is 10.4. The molecule has 2 saturated carbocycles. The number of carbonyl (C=O) groups excluding carboxylic acids is 4. The number of ether oxygens (including phenoxy) is 1. The fourth-order valence-corrected chi connectivity index (χ4v) is 4.28. The Morgan fingerprint density at radius 3 is 2.45 bits per heavy atom. The van der Waals surface area contributed by atoms with Gasteiger partial charge in [0.2, 0.25) is 0 Å². The lowest BCUT2D eigenvalue weighted by atomic mass is 9.94. The average molecular weight is 398 g/mol. The molecule has 1 aromatic carbocycles. The molecule has 0 aromatic heterocycles. The first kappa shape index (κ1) is 19.6. The lowest BCUT2D eigenvalue weighted by molar-refractivity contribution is -0.125. The van der Waals surface area contributed by atoms with E-state index in [1.165, 1.54) is 23.1 Å². The normalized spacial score (nSPS) is 20.4. The summed E-state index contributed by atoms with van der Waals surface area (Å²) < 4.78 is 5.10. The van der Waals surface area contributed by atoms with Crippen LogP contribution in [0, 0.1) is 5.92 Å². The Labute approximate surface area is 169 Å². The van der Waals surface area contributed by atoms with Crippen LogP contribution in [0.1, 0.15) is 82.9 Å². The maximum Gasteiger partial charge on any atom is 0.338 e. The number of amides is 3. The van der Waals surface area contributed by atoms with E-state index in [0.29, 0.717) is 11.5 Å². The molecule has 0 saturated heterocycles. The predicted molar refractivity (Wildman–Crippen MR) is 104 cm³/mol. The molecule has 0 bridgehead atoms. The van der Waals surface area contributed by atoms with Gasteiger partial charge in [0.25, 0.3) is 17.7 Å². The summed E-state index contributed by atoms with van der Waals surface area (Å²) in [5.74, 6) is -1.14. The molecule has 1 atom stereocenters. The third kappa shape index (κ3) is 4.04. The maximum atomic E-state index is 12.8. The number of hydrogen-bond donors (Lipinski definition) is 1. The number of imide groups is 1. The largest absolute Gasteiger partial charge is 0.452 e. The third-order valence-electron chi connectivity index (χ3n) is 6.15. The molecule has 0 radical (unpaired) electrons. The Balaban J connectivity index is 1.40. The molecule has 0 unspecified atom stereocenters. The zero-order valence-electron chi connectivity index (χ0n) is 16.6. The third-order valence-corrected chi connectivity index (χ3v) is 6.15. The maximum absolute atomic E-state index is 12.8. The molecule has 2 fully saturated rings. The molecule has 4 rings (SSSR count). The summed E-state index contributed by atoms with van der Waals surface area (Å²) in [6.45, 7) is 1.58. The quantitative estimate of drug-likeness (QED) is 0.587. The number of fused-ring (bicyclic) bond motifs is 1. The highest BCUT2D eigenvalue weighted by molar-refractivity contribution is 6.22. The first-order valence-corrected chi connectivity index (χ1v) is 10.4. The minimum atomic E-state index is -0.682. The van der Waals surface area contributed by atoms with E-state index < -0.39 is 5.97 Å². The lowest BCUT2D eigenvalue weighted by Gasteiger charge is -2.29. The summed E-state index contributed by atoms with van der Waals surface area (Å²) in [5, 5.41) is 2.82. The second-order valence-corrected chi connectivity index (χ2v) is 8.30. The molecular weight excluding hydrogens is 372 g/mol. The van der Waals surface area contributed by atoms with Crippen molar-refractivity contribution in [3.8, 4) is 0 Å². The second kappa shape index (κ2) is 7.97. The van der Waals surface area contributed by atoms with Crippen LogP contribution in [-0.2, 0) is 9.53 Å².